The van der Waals surface area contributed by atoms with E-state index in [4.69, 9.17) is 24.9 Å². The number of halogens is 2. The molecule has 11 nitrogen and oxygen atoms in total. The summed E-state index contributed by atoms with van der Waals surface area (Å²) in [5.74, 6) is -0.958. The standard InChI is InChI=1S/C35H35BrN2O.C27H27NO2.C8H10BrN.2CO2/c1-23-21-38(22-25-10-12-27(13-11-25)30-8-6-7-9-32(30)35(3,4)5)33-19-16-28(20-31(23)33)34(39)37-24(2)26-14-17-29(36)18-15-26;1-18-16-28(25-14-13-21(26(29)30)15-23(18)25)17-19-9-11-20(12-10-19)22-7-5-6-8-24(22)27(2,3)4;1-6(10)7-2-4-8(9)5-3-7;2*2-1-3/h6-21,24H,22H2,1-5H3,(H,37,39);5-16H,17H2,1-4H3,(H,29,30);2-6H,10H2,1H3;;/t24-;;6-;;/m0.0../s1. The smallest absolute Gasteiger partial charge is 0.373 e. The molecule has 4 N–H and O–H groups in total. The van der Waals surface area contributed by atoms with Crippen LogP contribution in [0.25, 0.3) is 44.1 Å². The van der Waals surface area contributed by atoms with Gasteiger partial charge in [0.1, 0.15) is 0 Å². The van der Waals surface area contributed by atoms with Crippen LogP contribution in [0.5, 0.6) is 0 Å². The number of aromatic carboxylic acids is 1. The lowest BCUT2D eigenvalue weighted by Crippen LogP contribution is -2.26. The van der Waals surface area contributed by atoms with E-state index in [1.54, 1.807) is 12.1 Å². The molecular weight excluding hydrogens is 1190 g/mol. The molecule has 0 aliphatic rings. The van der Waals surface area contributed by atoms with Crippen molar-refractivity contribution in [2.24, 2.45) is 5.73 Å². The van der Waals surface area contributed by atoms with Gasteiger partial charge in [-0.2, -0.15) is 19.2 Å². The first kappa shape index (κ1) is 65.6. The Morgan fingerprint density at radius 1 is 0.529 bits per heavy atom. The van der Waals surface area contributed by atoms with Gasteiger partial charge in [-0.15, -0.1) is 0 Å². The lowest BCUT2D eigenvalue weighted by Gasteiger charge is -2.23. The minimum Gasteiger partial charge on any atom is -0.478 e. The van der Waals surface area contributed by atoms with Crippen LogP contribution in [0.3, 0.4) is 0 Å². The maximum atomic E-state index is 13.1. The zero-order valence-corrected chi connectivity index (χ0v) is 52.8. The SMILES string of the molecule is C[C@H](N)c1ccc(Br)cc1.Cc1cn(Cc2ccc(-c3ccccc3C(C)(C)C)cc2)c2ccc(C(=O)N[C@@H](C)c3ccc(Br)cc3)cc12.Cc1cn(Cc2ccc(-c3ccccc3C(C)(C)C)cc2)c2ccc(C(=O)O)cc12.O=C=O.O=C=O. The van der Waals surface area contributed by atoms with Gasteiger partial charge in [0.2, 0.25) is 0 Å². The Balaban J connectivity index is 0.000000221. The van der Waals surface area contributed by atoms with Gasteiger partial charge in [0.15, 0.2) is 0 Å². The van der Waals surface area contributed by atoms with E-state index in [1.165, 1.54) is 50.1 Å². The zero-order chi connectivity index (χ0) is 62.2. The van der Waals surface area contributed by atoms with Gasteiger partial charge in [-0.1, -0.05) is 195 Å². The minimum absolute atomic E-state index is 0.0643. The summed E-state index contributed by atoms with van der Waals surface area (Å²) in [4.78, 5) is 56.8. The summed E-state index contributed by atoms with van der Waals surface area (Å²) in [7, 11) is 0. The highest BCUT2D eigenvalue weighted by atomic mass is 79.9. The summed E-state index contributed by atoms with van der Waals surface area (Å²) in [6.45, 7) is 23.2. The molecule has 2 heterocycles. The summed E-state index contributed by atoms with van der Waals surface area (Å²) in [5, 5.41) is 14.5. The molecule has 0 fully saturated rings. The molecule has 1 amide bonds. The summed E-state index contributed by atoms with van der Waals surface area (Å²) in [5.41, 5.74) is 23.7. The fourth-order valence-corrected chi connectivity index (χ4v) is 10.6. The van der Waals surface area contributed by atoms with Crippen LogP contribution in [0.15, 0.2) is 203 Å². The normalized spacial score (nSPS) is 11.6. The number of aromatic nitrogens is 2. The first-order valence-corrected chi connectivity index (χ1v) is 29.3. The third-order valence-electron chi connectivity index (χ3n) is 14.5. The van der Waals surface area contributed by atoms with Crippen LogP contribution in [-0.2, 0) is 43.1 Å². The van der Waals surface area contributed by atoms with Crippen LogP contribution >= 0.6 is 31.9 Å². The molecule has 0 aliphatic carbocycles. The van der Waals surface area contributed by atoms with Gasteiger partial charge in [-0.3, -0.25) is 4.79 Å². The quantitative estimate of drug-likeness (QED) is 0.115. The van der Waals surface area contributed by atoms with Crippen molar-refractivity contribution in [1.29, 1.82) is 0 Å². The fraction of sp³-hybridized carbons (Fsp3) is 0.222. The summed E-state index contributed by atoms with van der Waals surface area (Å²) >= 11 is 6.82. The summed E-state index contributed by atoms with van der Waals surface area (Å²) in [6.07, 6.45) is 4.78. The van der Waals surface area contributed by atoms with E-state index in [1.807, 2.05) is 87.5 Å². The molecule has 436 valence electrons. The predicted molar refractivity (Wildman–Crippen MR) is 346 cm³/mol. The second kappa shape index (κ2) is 29.8. The molecule has 8 aromatic carbocycles. The largest absolute Gasteiger partial charge is 0.478 e. The number of carboxylic acids is 1. The van der Waals surface area contributed by atoms with Gasteiger partial charge in [0.25, 0.3) is 5.91 Å². The van der Waals surface area contributed by atoms with E-state index in [0.29, 0.717) is 11.1 Å². The van der Waals surface area contributed by atoms with Gasteiger partial charge in [0, 0.05) is 67.8 Å². The van der Waals surface area contributed by atoms with Gasteiger partial charge < -0.3 is 25.3 Å². The van der Waals surface area contributed by atoms with E-state index >= 15 is 0 Å². The number of fused-ring (bicyclic) bond motifs is 2. The van der Waals surface area contributed by atoms with Gasteiger partial charge in [-0.25, -0.2) is 4.79 Å². The number of rotatable bonds is 11. The molecule has 0 unspecified atom stereocenters. The maximum absolute atomic E-state index is 13.1. The molecule has 2 aromatic heterocycles. The molecule has 13 heteroatoms. The Kier molecular flexibility index (Phi) is 23.0. The molecular formula is C72H72Br2N4O7. The Bertz CT molecular complexity index is 3940. The average Bonchev–Trinajstić information content (AvgIpc) is 2.72. The Morgan fingerprint density at radius 2 is 0.894 bits per heavy atom. The number of nitrogens with zero attached hydrogens (tertiary/aromatic N) is 2. The Hall–Kier alpha value is -8.54. The molecule has 85 heavy (non-hydrogen) atoms. The van der Waals surface area contributed by atoms with Crippen molar-refractivity contribution < 1.29 is 33.9 Å². The van der Waals surface area contributed by atoms with E-state index in [9.17, 15) is 14.7 Å². The number of nitrogens with two attached hydrogens (primary N) is 1. The molecule has 0 radical (unpaired) electrons. The maximum Gasteiger partial charge on any atom is 0.373 e. The summed E-state index contributed by atoms with van der Waals surface area (Å²) in [6, 6.07) is 62.4. The zero-order valence-electron chi connectivity index (χ0n) is 49.7. The Labute approximate surface area is 515 Å². The molecule has 0 spiro atoms. The number of hydrogen-bond donors (Lipinski definition) is 3. The van der Waals surface area contributed by atoms with Crippen molar-refractivity contribution in [2.75, 3.05) is 0 Å². The van der Waals surface area contributed by atoms with Gasteiger partial charge in [-0.05, 0) is 166 Å². The monoisotopic (exact) mass is 1260 g/mol. The fourth-order valence-electron chi connectivity index (χ4n) is 10.1. The molecule has 10 aromatic rings. The molecule has 2 atom stereocenters. The number of carbonyl (C=O) groups excluding carboxylic acids is 5. The second-order valence-corrected chi connectivity index (χ2v) is 24.7. The van der Waals surface area contributed by atoms with Gasteiger partial charge in [0.05, 0.1) is 11.6 Å². The second-order valence-electron chi connectivity index (χ2n) is 22.9. The molecule has 10 rings (SSSR count). The minimum atomic E-state index is -0.893. The van der Waals surface area contributed by atoms with Crippen LogP contribution in [0.1, 0.15) is 133 Å². The molecule has 0 saturated heterocycles. The van der Waals surface area contributed by atoms with Crippen molar-refractivity contribution >= 4 is 77.8 Å². The first-order chi connectivity index (χ1) is 40.4. The van der Waals surface area contributed by atoms with Crippen LogP contribution in [0, 0.1) is 13.8 Å². The number of aryl methyl sites for hydroxylation is 2. The van der Waals surface area contributed by atoms with Crippen molar-refractivity contribution in [3.05, 3.63) is 259 Å². The molecule has 0 aliphatic heterocycles. The third kappa shape index (κ3) is 17.8. The van der Waals surface area contributed by atoms with E-state index < -0.39 is 5.97 Å². The lowest BCUT2D eigenvalue weighted by molar-refractivity contribution is -0.193. The van der Waals surface area contributed by atoms with E-state index in [0.717, 1.165) is 60.5 Å². The van der Waals surface area contributed by atoms with E-state index in [2.05, 4.69) is 210 Å². The van der Waals surface area contributed by atoms with Crippen LogP contribution in [0.4, 0.5) is 0 Å². The number of amides is 1. The van der Waals surface area contributed by atoms with Crippen LogP contribution < -0.4 is 11.1 Å². The summed E-state index contributed by atoms with van der Waals surface area (Å²) < 4.78 is 6.58. The predicted octanol–water partition coefficient (Wildman–Crippen LogP) is 17.2. The van der Waals surface area contributed by atoms with Crippen molar-refractivity contribution in [3.63, 3.8) is 0 Å². The van der Waals surface area contributed by atoms with Crippen LogP contribution in [-0.4, -0.2) is 38.4 Å². The molecule has 0 bridgehead atoms. The third-order valence-corrected chi connectivity index (χ3v) is 15.5. The number of carbonyl (C=O) groups is 2. The number of carboxylic acid groups (broad SMARTS) is 1. The number of benzene rings is 8. The number of hydrogen-bond acceptors (Lipinski definition) is 7. The topological polar surface area (TPSA) is 171 Å². The highest BCUT2D eigenvalue weighted by Gasteiger charge is 2.21. The van der Waals surface area contributed by atoms with E-state index in [-0.39, 0.29) is 41.1 Å². The van der Waals surface area contributed by atoms with Crippen LogP contribution in [0.2, 0.25) is 0 Å². The van der Waals surface area contributed by atoms with Gasteiger partial charge >= 0.3 is 18.3 Å². The highest BCUT2D eigenvalue weighted by Crippen LogP contribution is 2.35. The number of nitrogens with one attached hydrogen (secondary N) is 1. The first-order valence-electron chi connectivity index (χ1n) is 27.7. The van der Waals surface area contributed by atoms with Crippen molar-refractivity contribution in [2.45, 2.75) is 105 Å². The highest BCUT2D eigenvalue weighted by molar-refractivity contribution is 9.10. The average molecular weight is 1270 g/mol. The lowest BCUT2D eigenvalue weighted by atomic mass is 9.82. The van der Waals surface area contributed by atoms with Crippen molar-refractivity contribution in [1.82, 2.24) is 14.5 Å². The Morgan fingerprint density at radius 3 is 1.27 bits per heavy atom. The molecule has 0 saturated carbocycles. The van der Waals surface area contributed by atoms with Crippen molar-refractivity contribution in [3.8, 4) is 22.3 Å².